The first kappa shape index (κ1) is 15.0. The monoisotopic (exact) mass is 293 g/mol. The molecule has 0 spiro atoms. The summed E-state index contributed by atoms with van der Waals surface area (Å²) < 4.78 is 30.1. The Kier molecular flexibility index (Phi) is 4.46. The third-order valence-electron chi connectivity index (χ3n) is 3.88. The van der Waals surface area contributed by atoms with Crippen LogP contribution < -0.4 is 0 Å². The van der Waals surface area contributed by atoms with Gasteiger partial charge in [0.05, 0.1) is 23.8 Å². The van der Waals surface area contributed by atoms with Gasteiger partial charge in [0, 0.05) is 7.11 Å². The van der Waals surface area contributed by atoms with Crippen molar-refractivity contribution in [3.05, 3.63) is 35.9 Å². The Morgan fingerprint density at radius 2 is 2.00 bits per heavy atom. The Hall–Kier alpha value is -1.38. The van der Waals surface area contributed by atoms with E-state index in [2.05, 4.69) is 6.07 Å². The summed E-state index contributed by atoms with van der Waals surface area (Å²) in [7, 11) is -1.81. The van der Waals surface area contributed by atoms with E-state index in [9.17, 15) is 8.42 Å². The third-order valence-corrected chi connectivity index (χ3v) is 5.93. The van der Waals surface area contributed by atoms with Crippen molar-refractivity contribution in [1.29, 1.82) is 5.26 Å². The predicted octanol–water partition coefficient (Wildman–Crippen LogP) is 2.48. The number of hydrogen-bond donors (Lipinski definition) is 0. The van der Waals surface area contributed by atoms with Crippen LogP contribution in [0.15, 0.2) is 30.3 Å². The quantitative estimate of drug-likeness (QED) is 0.774. The molecule has 0 aromatic heterocycles. The van der Waals surface area contributed by atoms with Crippen LogP contribution >= 0.6 is 0 Å². The minimum absolute atomic E-state index is 0.0451. The minimum Gasteiger partial charge on any atom is -0.383 e. The molecule has 20 heavy (non-hydrogen) atoms. The van der Waals surface area contributed by atoms with Crippen LogP contribution in [-0.2, 0) is 14.6 Å². The molecule has 0 radical (unpaired) electrons. The number of rotatable bonds is 7. The first-order valence-electron chi connectivity index (χ1n) is 6.70. The van der Waals surface area contributed by atoms with E-state index in [1.807, 2.05) is 18.2 Å². The van der Waals surface area contributed by atoms with Gasteiger partial charge in [-0.1, -0.05) is 30.3 Å². The number of hydrogen-bond acceptors (Lipinski definition) is 4. The number of ether oxygens (including phenoxy) is 1. The molecule has 1 saturated carbocycles. The van der Waals surface area contributed by atoms with Gasteiger partial charge in [-0.3, -0.25) is 0 Å². The smallest absolute Gasteiger partial charge is 0.159 e. The number of methoxy groups -OCH3 is 1. The van der Waals surface area contributed by atoms with E-state index in [4.69, 9.17) is 10.00 Å². The molecule has 0 saturated heterocycles. The molecule has 1 aromatic rings. The fourth-order valence-electron chi connectivity index (χ4n) is 2.27. The predicted molar refractivity (Wildman–Crippen MR) is 76.7 cm³/mol. The van der Waals surface area contributed by atoms with Crippen molar-refractivity contribution < 1.29 is 13.2 Å². The van der Waals surface area contributed by atoms with Crippen LogP contribution in [0.25, 0.3) is 0 Å². The van der Waals surface area contributed by atoms with E-state index < -0.39 is 15.1 Å². The Bertz CT molecular complexity index is 585. The molecule has 1 aromatic carbocycles. The highest BCUT2D eigenvalue weighted by Gasteiger charge is 2.44. The average molecular weight is 293 g/mol. The summed E-state index contributed by atoms with van der Waals surface area (Å²) in [5.74, 6) is 0.0451. The largest absolute Gasteiger partial charge is 0.383 e. The van der Waals surface area contributed by atoms with Gasteiger partial charge in [0.25, 0.3) is 0 Å². The standard InChI is InChI=1S/C15H19NO3S/c1-19-11-14(13-5-3-2-4-6-13)20(17,18)10-9-15(12-16)7-8-15/h2-6,14H,7-11H2,1H3. The summed E-state index contributed by atoms with van der Waals surface area (Å²) in [6.45, 7) is 0.145. The molecular formula is C15H19NO3S. The summed E-state index contributed by atoms with van der Waals surface area (Å²) in [6, 6.07) is 11.4. The number of sulfone groups is 1. The lowest BCUT2D eigenvalue weighted by Crippen LogP contribution is -2.22. The fraction of sp³-hybridized carbons (Fsp3) is 0.533. The summed E-state index contributed by atoms with van der Waals surface area (Å²) in [6.07, 6.45) is 2.07. The van der Waals surface area contributed by atoms with E-state index in [0.717, 1.165) is 18.4 Å². The zero-order chi connectivity index (χ0) is 14.6. The van der Waals surface area contributed by atoms with Crippen molar-refractivity contribution >= 4 is 9.84 Å². The van der Waals surface area contributed by atoms with Crippen molar-refractivity contribution in [2.45, 2.75) is 24.5 Å². The SMILES string of the molecule is COCC(c1ccccc1)S(=O)(=O)CCC1(C#N)CC1. The molecule has 1 atom stereocenters. The second kappa shape index (κ2) is 5.94. The van der Waals surface area contributed by atoms with Gasteiger partial charge in [-0.15, -0.1) is 0 Å². The van der Waals surface area contributed by atoms with Crippen LogP contribution in [0.2, 0.25) is 0 Å². The van der Waals surface area contributed by atoms with E-state index in [0.29, 0.717) is 6.42 Å². The van der Waals surface area contributed by atoms with Gasteiger partial charge in [-0.05, 0) is 24.8 Å². The van der Waals surface area contributed by atoms with Crippen molar-refractivity contribution in [2.24, 2.45) is 5.41 Å². The van der Waals surface area contributed by atoms with Crippen LogP contribution in [0.4, 0.5) is 0 Å². The summed E-state index contributed by atoms with van der Waals surface area (Å²) in [5.41, 5.74) is 0.359. The summed E-state index contributed by atoms with van der Waals surface area (Å²) >= 11 is 0. The molecule has 0 aliphatic heterocycles. The van der Waals surface area contributed by atoms with Crippen LogP contribution in [0.1, 0.15) is 30.1 Å². The van der Waals surface area contributed by atoms with Gasteiger partial charge in [-0.2, -0.15) is 5.26 Å². The van der Waals surface area contributed by atoms with Crippen molar-refractivity contribution in [1.82, 2.24) is 0 Å². The van der Waals surface area contributed by atoms with Crippen molar-refractivity contribution in [3.63, 3.8) is 0 Å². The highest BCUT2D eigenvalue weighted by molar-refractivity contribution is 7.91. The van der Waals surface area contributed by atoms with Crippen molar-refractivity contribution in [2.75, 3.05) is 19.5 Å². The van der Waals surface area contributed by atoms with Gasteiger partial charge >= 0.3 is 0 Å². The van der Waals surface area contributed by atoms with Gasteiger partial charge in [0.2, 0.25) is 0 Å². The van der Waals surface area contributed by atoms with Crippen LogP contribution in [0, 0.1) is 16.7 Å². The van der Waals surface area contributed by atoms with Crippen molar-refractivity contribution in [3.8, 4) is 6.07 Å². The average Bonchev–Trinajstić information content (AvgIpc) is 3.24. The zero-order valence-electron chi connectivity index (χ0n) is 11.6. The Balaban J connectivity index is 2.14. The van der Waals surface area contributed by atoms with E-state index in [1.54, 1.807) is 12.1 Å². The highest BCUT2D eigenvalue weighted by atomic mass is 32.2. The van der Waals surface area contributed by atoms with Gasteiger partial charge in [0.1, 0.15) is 5.25 Å². The second-order valence-corrected chi connectivity index (χ2v) is 7.67. The molecule has 2 rings (SSSR count). The molecule has 1 aliphatic rings. The maximum Gasteiger partial charge on any atom is 0.159 e. The number of benzene rings is 1. The molecule has 0 amide bonds. The molecule has 0 N–H and O–H groups in total. The lowest BCUT2D eigenvalue weighted by molar-refractivity contribution is 0.197. The van der Waals surface area contributed by atoms with Gasteiger partial charge in [-0.25, -0.2) is 8.42 Å². The Labute approximate surface area is 120 Å². The van der Waals surface area contributed by atoms with Gasteiger partial charge in [0.15, 0.2) is 9.84 Å². The number of nitrogens with zero attached hydrogens (tertiary/aromatic N) is 1. The second-order valence-electron chi connectivity index (χ2n) is 5.36. The molecular weight excluding hydrogens is 274 g/mol. The van der Waals surface area contributed by atoms with Crippen LogP contribution in [0.5, 0.6) is 0 Å². The molecule has 108 valence electrons. The molecule has 1 fully saturated rings. The summed E-state index contributed by atoms with van der Waals surface area (Å²) in [5, 5.41) is 8.39. The first-order valence-corrected chi connectivity index (χ1v) is 8.41. The van der Waals surface area contributed by atoms with Gasteiger partial charge < -0.3 is 4.74 Å². The third kappa shape index (κ3) is 3.38. The lowest BCUT2D eigenvalue weighted by Gasteiger charge is -2.18. The molecule has 4 nitrogen and oxygen atoms in total. The minimum atomic E-state index is -3.32. The van der Waals surface area contributed by atoms with E-state index in [-0.39, 0.29) is 17.8 Å². The van der Waals surface area contributed by atoms with Crippen LogP contribution in [0.3, 0.4) is 0 Å². The lowest BCUT2D eigenvalue weighted by atomic mass is 10.1. The topological polar surface area (TPSA) is 67.2 Å². The fourth-order valence-corrected chi connectivity index (χ4v) is 4.15. The zero-order valence-corrected chi connectivity index (χ0v) is 12.4. The molecule has 1 unspecified atom stereocenters. The Morgan fingerprint density at radius 1 is 1.35 bits per heavy atom. The molecule has 0 heterocycles. The van der Waals surface area contributed by atoms with E-state index >= 15 is 0 Å². The normalized spacial score (nSPS) is 18.2. The maximum absolute atomic E-state index is 12.5. The summed E-state index contributed by atoms with van der Waals surface area (Å²) in [4.78, 5) is 0. The molecule has 1 aliphatic carbocycles. The Morgan fingerprint density at radius 3 is 2.50 bits per heavy atom. The van der Waals surface area contributed by atoms with Crippen LogP contribution in [-0.4, -0.2) is 27.9 Å². The molecule has 0 bridgehead atoms. The highest BCUT2D eigenvalue weighted by Crippen LogP contribution is 2.48. The maximum atomic E-state index is 12.5. The van der Waals surface area contributed by atoms with E-state index in [1.165, 1.54) is 7.11 Å². The molecule has 5 heteroatoms. The first-order chi connectivity index (χ1) is 9.53. The number of nitriles is 1.